The van der Waals surface area contributed by atoms with Crippen LogP contribution in [0.15, 0.2) is 48.5 Å². The second-order valence-electron chi connectivity index (χ2n) is 4.32. The monoisotopic (exact) mass is 270 g/mol. The lowest BCUT2D eigenvalue weighted by Gasteiger charge is -2.07. The number of aromatic carboxylic acids is 1. The molecule has 2 aromatic carbocycles. The quantitative estimate of drug-likeness (QED) is 0.742. The molecule has 4 N–H and O–H groups in total. The summed E-state index contributed by atoms with van der Waals surface area (Å²) in [6, 6.07) is 13.7. The van der Waals surface area contributed by atoms with Crippen molar-refractivity contribution in [3.05, 3.63) is 59.7 Å². The van der Waals surface area contributed by atoms with Crippen LogP contribution in [0.25, 0.3) is 0 Å². The zero-order valence-electron chi connectivity index (χ0n) is 10.7. The second kappa shape index (κ2) is 5.88. The van der Waals surface area contributed by atoms with Gasteiger partial charge in [-0.05, 0) is 23.8 Å². The van der Waals surface area contributed by atoms with Crippen LogP contribution in [-0.2, 0) is 11.2 Å². The first-order valence-corrected chi connectivity index (χ1v) is 6.03. The van der Waals surface area contributed by atoms with Crippen molar-refractivity contribution in [3.63, 3.8) is 0 Å². The molecule has 5 nitrogen and oxygen atoms in total. The van der Waals surface area contributed by atoms with Gasteiger partial charge >= 0.3 is 5.97 Å². The summed E-state index contributed by atoms with van der Waals surface area (Å²) in [5.41, 5.74) is 6.99. The van der Waals surface area contributed by atoms with Gasteiger partial charge in [0.1, 0.15) is 0 Å². The number of nitrogens with one attached hydrogen (secondary N) is 1. The topological polar surface area (TPSA) is 92.4 Å². The first kappa shape index (κ1) is 13.6. The van der Waals surface area contributed by atoms with E-state index >= 15 is 0 Å². The summed E-state index contributed by atoms with van der Waals surface area (Å²) in [5.74, 6) is -1.33. The van der Waals surface area contributed by atoms with Gasteiger partial charge in [-0.25, -0.2) is 4.79 Å². The van der Waals surface area contributed by atoms with E-state index in [1.807, 2.05) is 30.3 Å². The van der Waals surface area contributed by atoms with E-state index in [0.29, 0.717) is 5.69 Å². The van der Waals surface area contributed by atoms with Crippen molar-refractivity contribution in [2.45, 2.75) is 6.42 Å². The van der Waals surface area contributed by atoms with Gasteiger partial charge in [0, 0.05) is 11.4 Å². The number of carbonyl (C=O) groups excluding carboxylic acids is 1. The Morgan fingerprint density at radius 3 is 2.45 bits per heavy atom. The Bertz CT molecular complexity index is 639. The van der Waals surface area contributed by atoms with Crippen LogP contribution < -0.4 is 11.1 Å². The van der Waals surface area contributed by atoms with Gasteiger partial charge in [-0.15, -0.1) is 0 Å². The number of amides is 1. The Balaban J connectivity index is 2.08. The first-order chi connectivity index (χ1) is 9.56. The van der Waals surface area contributed by atoms with Crippen LogP contribution in [0.2, 0.25) is 0 Å². The van der Waals surface area contributed by atoms with Gasteiger partial charge in [0.25, 0.3) is 0 Å². The molecule has 1 amide bonds. The lowest BCUT2D eigenvalue weighted by atomic mass is 10.1. The molecule has 0 aliphatic carbocycles. The fraction of sp³-hybridized carbons (Fsp3) is 0.0667. The molecule has 0 aliphatic rings. The van der Waals surface area contributed by atoms with Crippen LogP contribution in [-0.4, -0.2) is 17.0 Å². The SMILES string of the molecule is Nc1ccc(NC(=O)Cc2ccccc2)cc1C(=O)O. The highest BCUT2D eigenvalue weighted by molar-refractivity contribution is 5.97. The molecule has 0 atom stereocenters. The Morgan fingerprint density at radius 1 is 1.10 bits per heavy atom. The number of anilines is 2. The van der Waals surface area contributed by atoms with Gasteiger partial charge < -0.3 is 16.2 Å². The van der Waals surface area contributed by atoms with E-state index in [4.69, 9.17) is 10.8 Å². The summed E-state index contributed by atoms with van der Waals surface area (Å²) in [5, 5.41) is 11.6. The minimum Gasteiger partial charge on any atom is -0.478 e. The number of rotatable bonds is 4. The minimum atomic E-state index is -1.12. The van der Waals surface area contributed by atoms with E-state index in [0.717, 1.165) is 5.56 Å². The summed E-state index contributed by atoms with van der Waals surface area (Å²) in [7, 11) is 0. The van der Waals surface area contributed by atoms with E-state index in [1.165, 1.54) is 12.1 Å². The van der Waals surface area contributed by atoms with Gasteiger partial charge in [-0.3, -0.25) is 4.79 Å². The number of carbonyl (C=O) groups is 2. The predicted molar refractivity (Wildman–Crippen MR) is 76.6 cm³/mol. The van der Waals surface area contributed by atoms with E-state index in [1.54, 1.807) is 6.07 Å². The highest BCUT2D eigenvalue weighted by atomic mass is 16.4. The third-order valence-corrected chi connectivity index (χ3v) is 2.77. The van der Waals surface area contributed by atoms with Crippen LogP contribution in [0.1, 0.15) is 15.9 Å². The molecule has 0 aromatic heterocycles. The molecule has 0 saturated carbocycles. The van der Waals surface area contributed by atoms with Crippen LogP contribution in [0.4, 0.5) is 11.4 Å². The maximum atomic E-state index is 11.9. The average molecular weight is 270 g/mol. The van der Waals surface area contributed by atoms with Crippen molar-refractivity contribution in [1.82, 2.24) is 0 Å². The maximum Gasteiger partial charge on any atom is 0.337 e. The number of hydrogen-bond acceptors (Lipinski definition) is 3. The fourth-order valence-electron chi connectivity index (χ4n) is 1.81. The van der Waals surface area contributed by atoms with Crippen molar-refractivity contribution >= 4 is 23.3 Å². The van der Waals surface area contributed by atoms with E-state index in [-0.39, 0.29) is 23.6 Å². The van der Waals surface area contributed by atoms with E-state index in [9.17, 15) is 9.59 Å². The predicted octanol–water partition coefficient (Wildman–Crippen LogP) is 2.15. The second-order valence-corrected chi connectivity index (χ2v) is 4.32. The number of carboxylic acid groups (broad SMARTS) is 1. The van der Waals surface area contributed by atoms with Gasteiger partial charge in [0.05, 0.1) is 12.0 Å². The molecule has 0 unspecified atom stereocenters. The van der Waals surface area contributed by atoms with Gasteiger partial charge in [-0.1, -0.05) is 30.3 Å². The van der Waals surface area contributed by atoms with Crippen molar-refractivity contribution in [2.75, 3.05) is 11.1 Å². The molecule has 0 saturated heterocycles. The fourth-order valence-corrected chi connectivity index (χ4v) is 1.81. The molecular weight excluding hydrogens is 256 g/mol. The summed E-state index contributed by atoms with van der Waals surface area (Å²) in [6.07, 6.45) is 0.230. The number of hydrogen-bond donors (Lipinski definition) is 3. The zero-order valence-corrected chi connectivity index (χ0v) is 10.7. The standard InChI is InChI=1S/C15H14N2O3/c16-13-7-6-11(9-12(13)15(19)20)17-14(18)8-10-4-2-1-3-5-10/h1-7,9H,8,16H2,(H,17,18)(H,19,20). The average Bonchev–Trinajstić information content (AvgIpc) is 2.41. The molecule has 0 radical (unpaired) electrons. The van der Waals surface area contributed by atoms with Crippen LogP contribution in [0, 0.1) is 0 Å². The van der Waals surface area contributed by atoms with Crippen LogP contribution in [0.3, 0.4) is 0 Å². The summed E-state index contributed by atoms with van der Waals surface area (Å²) < 4.78 is 0. The molecule has 0 spiro atoms. The molecule has 0 fully saturated rings. The van der Waals surface area contributed by atoms with Gasteiger partial charge in [-0.2, -0.15) is 0 Å². The van der Waals surface area contributed by atoms with Crippen LogP contribution in [0.5, 0.6) is 0 Å². The Kier molecular flexibility index (Phi) is 4.00. The zero-order chi connectivity index (χ0) is 14.5. The third-order valence-electron chi connectivity index (χ3n) is 2.77. The Morgan fingerprint density at radius 2 is 1.80 bits per heavy atom. The smallest absolute Gasteiger partial charge is 0.337 e. The molecule has 102 valence electrons. The number of nitrogen functional groups attached to an aromatic ring is 1. The van der Waals surface area contributed by atoms with Gasteiger partial charge in [0.2, 0.25) is 5.91 Å². The van der Waals surface area contributed by atoms with Crippen molar-refractivity contribution in [3.8, 4) is 0 Å². The molecule has 0 heterocycles. The molecule has 2 rings (SSSR count). The summed E-state index contributed by atoms with van der Waals surface area (Å²) >= 11 is 0. The molecule has 0 bridgehead atoms. The van der Waals surface area contributed by atoms with Gasteiger partial charge in [0.15, 0.2) is 0 Å². The normalized spacial score (nSPS) is 10.0. The molecule has 2 aromatic rings. The number of carboxylic acids is 1. The first-order valence-electron chi connectivity index (χ1n) is 6.03. The highest BCUT2D eigenvalue weighted by Crippen LogP contribution is 2.18. The summed E-state index contributed by atoms with van der Waals surface area (Å²) in [4.78, 5) is 22.8. The van der Waals surface area contributed by atoms with E-state index in [2.05, 4.69) is 5.32 Å². The lowest BCUT2D eigenvalue weighted by Crippen LogP contribution is -2.15. The number of benzene rings is 2. The molecular formula is C15H14N2O3. The molecule has 0 aliphatic heterocycles. The maximum absolute atomic E-state index is 11.9. The summed E-state index contributed by atoms with van der Waals surface area (Å²) in [6.45, 7) is 0. The Hall–Kier alpha value is -2.82. The van der Waals surface area contributed by atoms with Crippen molar-refractivity contribution in [2.24, 2.45) is 0 Å². The number of nitrogens with two attached hydrogens (primary N) is 1. The van der Waals surface area contributed by atoms with Crippen molar-refractivity contribution < 1.29 is 14.7 Å². The largest absolute Gasteiger partial charge is 0.478 e. The lowest BCUT2D eigenvalue weighted by molar-refractivity contribution is -0.115. The highest BCUT2D eigenvalue weighted by Gasteiger charge is 2.10. The third kappa shape index (κ3) is 3.35. The van der Waals surface area contributed by atoms with Crippen molar-refractivity contribution in [1.29, 1.82) is 0 Å². The Labute approximate surface area is 116 Å². The minimum absolute atomic E-state index is 0.0255. The molecule has 20 heavy (non-hydrogen) atoms. The van der Waals surface area contributed by atoms with Crippen LogP contribution >= 0.6 is 0 Å². The molecule has 5 heteroatoms. The van der Waals surface area contributed by atoms with E-state index < -0.39 is 5.97 Å².